The van der Waals surface area contributed by atoms with Crippen LogP contribution in [0.5, 0.6) is 0 Å². The number of hydrogen-bond acceptors (Lipinski definition) is 4. The molecular weight excluding hydrogens is 222 g/mol. The minimum absolute atomic E-state index is 0.00295. The summed E-state index contributed by atoms with van der Waals surface area (Å²) in [6, 6.07) is 6.26. The van der Waals surface area contributed by atoms with Gasteiger partial charge < -0.3 is 21.4 Å². The molecule has 0 aliphatic heterocycles. The average molecular weight is 237 g/mol. The predicted octanol–water partition coefficient (Wildman–Crippen LogP) is -0.00380. The zero-order valence-electron chi connectivity index (χ0n) is 9.42. The van der Waals surface area contributed by atoms with Crippen LogP contribution in [0.4, 0.5) is 0 Å². The summed E-state index contributed by atoms with van der Waals surface area (Å²) in [6.07, 6.45) is 0.332. The highest BCUT2D eigenvalue weighted by Gasteiger charge is 2.15. The molecule has 6 nitrogen and oxygen atoms in total. The molecule has 0 saturated carbocycles. The van der Waals surface area contributed by atoms with Crippen molar-refractivity contribution in [3.05, 3.63) is 35.4 Å². The van der Waals surface area contributed by atoms with Crippen molar-refractivity contribution in [2.45, 2.75) is 12.5 Å². The molecule has 0 aliphatic rings. The molecule has 1 atom stereocenters. The van der Waals surface area contributed by atoms with Crippen molar-refractivity contribution >= 4 is 11.8 Å². The maximum Gasteiger partial charge on any atom is 0.321 e. The predicted molar refractivity (Wildman–Crippen MR) is 63.1 cm³/mol. The van der Waals surface area contributed by atoms with Crippen molar-refractivity contribution in [3.63, 3.8) is 0 Å². The van der Waals surface area contributed by atoms with E-state index in [9.17, 15) is 4.79 Å². The molecule has 0 fully saturated rings. The Morgan fingerprint density at radius 1 is 1.59 bits per heavy atom. The summed E-state index contributed by atoms with van der Waals surface area (Å²) in [5.41, 5.74) is 6.82. The lowest BCUT2D eigenvalue weighted by Gasteiger charge is -2.11. The number of carboxylic acids is 1. The van der Waals surface area contributed by atoms with E-state index in [1.807, 2.05) is 0 Å². The number of nitrogens with one attached hydrogen (secondary N) is 1. The van der Waals surface area contributed by atoms with Gasteiger partial charge >= 0.3 is 5.97 Å². The van der Waals surface area contributed by atoms with E-state index in [1.54, 1.807) is 31.3 Å². The Morgan fingerprint density at radius 3 is 2.82 bits per heavy atom. The maximum atomic E-state index is 10.9. The number of benzene rings is 1. The number of nitrogens with two attached hydrogens (primary N) is 1. The van der Waals surface area contributed by atoms with Crippen molar-refractivity contribution in [3.8, 4) is 0 Å². The van der Waals surface area contributed by atoms with E-state index in [2.05, 4.69) is 10.5 Å². The number of oxime groups is 1. The Kier molecular flexibility index (Phi) is 4.47. The highest BCUT2D eigenvalue weighted by Crippen LogP contribution is 2.08. The van der Waals surface area contributed by atoms with Gasteiger partial charge in [-0.3, -0.25) is 4.79 Å². The Hall–Kier alpha value is -2.08. The third-order valence-corrected chi connectivity index (χ3v) is 2.42. The van der Waals surface area contributed by atoms with Gasteiger partial charge in [0.15, 0.2) is 5.84 Å². The number of carbonyl (C=O) groups is 1. The number of nitrogens with zero attached hydrogens (tertiary/aromatic N) is 1. The van der Waals surface area contributed by atoms with E-state index < -0.39 is 12.0 Å². The molecular formula is C11H15N3O3. The molecule has 0 spiro atoms. The molecule has 5 N–H and O–H groups in total. The summed E-state index contributed by atoms with van der Waals surface area (Å²) in [7, 11) is 1.59. The first kappa shape index (κ1) is 13.0. The molecule has 0 radical (unpaired) electrons. The summed E-state index contributed by atoms with van der Waals surface area (Å²) in [5, 5.41) is 23.1. The lowest BCUT2D eigenvalue weighted by Crippen LogP contribution is -2.35. The van der Waals surface area contributed by atoms with Gasteiger partial charge in [0, 0.05) is 5.56 Å². The second kappa shape index (κ2) is 5.86. The van der Waals surface area contributed by atoms with Crippen molar-refractivity contribution in [1.82, 2.24) is 5.32 Å². The quantitative estimate of drug-likeness (QED) is 0.249. The van der Waals surface area contributed by atoms with Crippen molar-refractivity contribution in [2.75, 3.05) is 7.05 Å². The number of hydrogen-bond donors (Lipinski definition) is 4. The van der Waals surface area contributed by atoms with Crippen LogP contribution in [0.1, 0.15) is 11.1 Å². The molecule has 0 aromatic heterocycles. The monoisotopic (exact) mass is 237 g/mol. The fourth-order valence-electron chi connectivity index (χ4n) is 1.46. The van der Waals surface area contributed by atoms with Gasteiger partial charge in [-0.25, -0.2) is 0 Å². The third-order valence-electron chi connectivity index (χ3n) is 2.42. The maximum absolute atomic E-state index is 10.9. The van der Waals surface area contributed by atoms with Gasteiger partial charge in [0.25, 0.3) is 0 Å². The smallest absolute Gasteiger partial charge is 0.321 e. The van der Waals surface area contributed by atoms with Crippen LogP contribution < -0.4 is 11.1 Å². The van der Waals surface area contributed by atoms with E-state index in [4.69, 9.17) is 16.0 Å². The van der Waals surface area contributed by atoms with E-state index in [0.717, 1.165) is 5.56 Å². The molecule has 0 bridgehead atoms. The first-order valence-electron chi connectivity index (χ1n) is 5.05. The van der Waals surface area contributed by atoms with Gasteiger partial charge in [-0.1, -0.05) is 23.4 Å². The van der Waals surface area contributed by atoms with Crippen LogP contribution in [0, 0.1) is 0 Å². The SMILES string of the molecule is CNC(Cc1cccc(C(N)=NO)c1)C(=O)O. The largest absolute Gasteiger partial charge is 0.480 e. The van der Waals surface area contributed by atoms with Crippen LogP contribution in [-0.4, -0.2) is 35.2 Å². The Morgan fingerprint density at radius 2 is 2.29 bits per heavy atom. The summed E-state index contributed by atoms with van der Waals surface area (Å²) >= 11 is 0. The fourth-order valence-corrected chi connectivity index (χ4v) is 1.46. The van der Waals surface area contributed by atoms with Crippen LogP contribution in [0.15, 0.2) is 29.4 Å². The highest BCUT2D eigenvalue weighted by molar-refractivity contribution is 5.97. The normalized spacial score (nSPS) is 13.4. The van der Waals surface area contributed by atoms with Crippen molar-refractivity contribution in [1.29, 1.82) is 0 Å². The van der Waals surface area contributed by atoms with Gasteiger partial charge in [0.2, 0.25) is 0 Å². The zero-order valence-corrected chi connectivity index (χ0v) is 9.42. The first-order valence-corrected chi connectivity index (χ1v) is 5.05. The fraction of sp³-hybridized carbons (Fsp3) is 0.273. The van der Waals surface area contributed by atoms with Gasteiger partial charge in [-0.2, -0.15) is 0 Å². The number of aliphatic carboxylic acids is 1. The van der Waals surface area contributed by atoms with Gasteiger partial charge in [-0.05, 0) is 25.1 Å². The van der Waals surface area contributed by atoms with Gasteiger partial charge in [0.05, 0.1) is 0 Å². The second-order valence-corrected chi connectivity index (χ2v) is 3.57. The van der Waals surface area contributed by atoms with Crippen molar-refractivity contribution in [2.24, 2.45) is 10.9 Å². The first-order chi connectivity index (χ1) is 8.08. The third kappa shape index (κ3) is 3.46. The highest BCUT2D eigenvalue weighted by atomic mass is 16.4. The number of carboxylic acid groups (broad SMARTS) is 1. The minimum Gasteiger partial charge on any atom is -0.480 e. The van der Waals surface area contributed by atoms with Crippen LogP contribution in [-0.2, 0) is 11.2 Å². The van der Waals surface area contributed by atoms with Gasteiger partial charge in [0.1, 0.15) is 6.04 Å². The van der Waals surface area contributed by atoms with Gasteiger partial charge in [-0.15, -0.1) is 0 Å². The number of amidine groups is 1. The molecule has 92 valence electrons. The molecule has 6 heteroatoms. The van der Waals surface area contributed by atoms with Crippen LogP contribution in [0.2, 0.25) is 0 Å². The minimum atomic E-state index is -0.915. The summed E-state index contributed by atoms with van der Waals surface area (Å²) in [5.74, 6) is -0.912. The molecule has 0 saturated heterocycles. The molecule has 1 aromatic rings. The topological polar surface area (TPSA) is 108 Å². The lowest BCUT2D eigenvalue weighted by molar-refractivity contribution is -0.139. The van der Waals surface area contributed by atoms with Crippen molar-refractivity contribution < 1.29 is 15.1 Å². The van der Waals surface area contributed by atoms with Crippen LogP contribution >= 0.6 is 0 Å². The second-order valence-electron chi connectivity index (χ2n) is 3.57. The Bertz CT molecular complexity index is 432. The summed E-state index contributed by atoms with van der Waals surface area (Å²) in [4.78, 5) is 10.9. The number of rotatable bonds is 5. The molecule has 0 aliphatic carbocycles. The summed E-state index contributed by atoms with van der Waals surface area (Å²) in [6.45, 7) is 0. The van der Waals surface area contributed by atoms with E-state index >= 15 is 0 Å². The van der Waals surface area contributed by atoms with Crippen LogP contribution in [0.25, 0.3) is 0 Å². The molecule has 1 unspecified atom stereocenters. The van der Waals surface area contributed by atoms with Crippen LogP contribution in [0.3, 0.4) is 0 Å². The average Bonchev–Trinajstić information content (AvgIpc) is 2.34. The van der Waals surface area contributed by atoms with E-state index in [0.29, 0.717) is 12.0 Å². The lowest BCUT2D eigenvalue weighted by atomic mass is 10.0. The summed E-state index contributed by atoms with van der Waals surface area (Å²) < 4.78 is 0. The zero-order chi connectivity index (χ0) is 12.8. The standard InChI is InChI=1S/C11H15N3O3/c1-13-9(11(15)16)6-7-3-2-4-8(5-7)10(12)14-17/h2-5,9,13,17H,6H2,1H3,(H2,12,14)(H,15,16). The number of likely N-dealkylation sites (N-methyl/N-ethyl adjacent to an activating group) is 1. The molecule has 17 heavy (non-hydrogen) atoms. The molecule has 1 aromatic carbocycles. The Balaban J connectivity index is 2.89. The van der Waals surface area contributed by atoms with E-state index in [-0.39, 0.29) is 5.84 Å². The molecule has 0 amide bonds. The van der Waals surface area contributed by atoms with E-state index in [1.165, 1.54) is 0 Å². The molecule has 0 heterocycles. The molecule has 1 rings (SSSR count). The Labute approximate surface area is 98.7 Å².